The minimum absolute atomic E-state index is 0.156. The van der Waals surface area contributed by atoms with E-state index in [1.165, 1.54) is 6.07 Å². The molecule has 0 spiro atoms. The summed E-state index contributed by atoms with van der Waals surface area (Å²) in [6.07, 6.45) is 0.405. The fourth-order valence-corrected chi connectivity index (χ4v) is 4.25. The topological polar surface area (TPSA) is 83.9 Å². The molecule has 0 bridgehead atoms. The number of anilines is 1. The zero-order chi connectivity index (χ0) is 24.3. The quantitative estimate of drug-likeness (QED) is 0.544. The molecule has 1 amide bonds. The third-order valence-corrected chi connectivity index (χ3v) is 6.08. The number of halogens is 4. The number of hydrogen-bond acceptors (Lipinski definition) is 6. The number of benzene rings is 1. The van der Waals surface area contributed by atoms with E-state index >= 15 is 0 Å². The standard InChI is InChI=1S/C23H22ClF3N6O/c1-14-4-2-11-33(18(14)13-30-20-8-7-19(31-32-20)23(25,26)27)22(34)17-12-15(24)5-6-16(17)21-28-9-3-10-29-21/h3,5-10,12,14,18H,2,4,11,13H2,1H3,(H,30,32)/t14-,18?/m1/s1. The third-order valence-electron chi connectivity index (χ3n) is 5.84. The lowest BCUT2D eigenvalue weighted by Crippen LogP contribution is -2.51. The second-order valence-electron chi connectivity index (χ2n) is 8.13. The highest BCUT2D eigenvalue weighted by atomic mass is 35.5. The Balaban J connectivity index is 1.57. The van der Waals surface area contributed by atoms with Gasteiger partial charge in [-0.3, -0.25) is 4.79 Å². The Morgan fingerprint density at radius 2 is 1.94 bits per heavy atom. The smallest absolute Gasteiger partial charge is 0.367 e. The molecule has 11 heteroatoms. The zero-order valence-corrected chi connectivity index (χ0v) is 19.0. The fourth-order valence-electron chi connectivity index (χ4n) is 4.08. The van der Waals surface area contributed by atoms with E-state index in [2.05, 4.69) is 25.5 Å². The summed E-state index contributed by atoms with van der Waals surface area (Å²) in [5.74, 6) is 0.576. The van der Waals surface area contributed by atoms with Crippen LogP contribution in [-0.4, -0.2) is 50.1 Å². The van der Waals surface area contributed by atoms with E-state index in [-0.39, 0.29) is 23.7 Å². The van der Waals surface area contributed by atoms with Gasteiger partial charge >= 0.3 is 6.18 Å². The van der Waals surface area contributed by atoms with Crippen molar-refractivity contribution >= 4 is 23.3 Å². The Kier molecular flexibility index (Phi) is 6.97. The van der Waals surface area contributed by atoms with Gasteiger partial charge in [-0.2, -0.15) is 13.2 Å². The van der Waals surface area contributed by atoms with E-state index in [9.17, 15) is 18.0 Å². The summed E-state index contributed by atoms with van der Waals surface area (Å²) in [5, 5.41) is 10.3. The van der Waals surface area contributed by atoms with Crippen molar-refractivity contribution in [2.75, 3.05) is 18.4 Å². The van der Waals surface area contributed by atoms with Crippen LogP contribution in [0.25, 0.3) is 11.4 Å². The predicted molar refractivity (Wildman–Crippen MR) is 121 cm³/mol. The maximum Gasteiger partial charge on any atom is 0.435 e. The van der Waals surface area contributed by atoms with Gasteiger partial charge in [-0.1, -0.05) is 18.5 Å². The van der Waals surface area contributed by atoms with Crippen molar-refractivity contribution in [2.24, 2.45) is 5.92 Å². The Hall–Kier alpha value is -3.27. The zero-order valence-electron chi connectivity index (χ0n) is 18.3. The van der Waals surface area contributed by atoms with E-state index in [1.807, 2.05) is 6.92 Å². The largest absolute Gasteiger partial charge is 0.435 e. The van der Waals surface area contributed by atoms with Crippen molar-refractivity contribution < 1.29 is 18.0 Å². The average molecular weight is 491 g/mol. The van der Waals surface area contributed by atoms with Crippen molar-refractivity contribution in [3.63, 3.8) is 0 Å². The maximum atomic E-state index is 13.7. The number of rotatable bonds is 5. The number of aromatic nitrogens is 4. The monoisotopic (exact) mass is 490 g/mol. The lowest BCUT2D eigenvalue weighted by atomic mass is 9.89. The molecule has 0 aliphatic carbocycles. The number of hydrogen-bond donors (Lipinski definition) is 1. The lowest BCUT2D eigenvalue weighted by molar-refractivity contribution is -0.141. The van der Waals surface area contributed by atoms with Crippen LogP contribution in [0.15, 0.2) is 48.8 Å². The molecule has 1 saturated heterocycles. The van der Waals surface area contributed by atoms with Crippen molar-refractivity contribution in [2.45, 2.75) is 32.0 Å². The van der Waals surface area contributed by atoms with Gasteiger partial charge in [-0.15, -0.1) is 10.2 Å². The number of nitrogens with one attached hydrogen (secondary N) is 1. The van der Waals surface area contributed by atoms with Crippen LogP contribution in [-0.2, 0) is 6.18 Å². The predicted octanol–water partition coefficient (Wildman–Crippen LogP) is 4.96. The van der Waals surface area contributed by atoms with Gasteiger partial charge < -0.3 is 10.2 Å². The highest BCUT2D eigenvalue weighted by Gasteiger charge is 2.35. The molecular weight excluding hydrogens is 469 g/mol. The summed E-state index contributed by atoms with van der Waals surface area (Å²) in [6.45, 7) is 2.89. The molecule has 4 rings (SSSR count). The molecule has 1 unspecified atom stereocenters. The Morgan fingerprint density at radius 3 is 2.62 bits per heavy atom. The minimum Gasteiger partial charge on any atom is -0.367 e. The van der Waals surface area contributed by atoms with Crippen LogP contribution >= 0.6 is 11.6 Å². The number of nitrogens with zero attached hydrogens (tertiary/aromatic N) is 5. The van der Waals surface area contributed by atoms with Gasteiger partial charge in [0.2, 0.25) is 0 Å². The molecule has 1 aliphatic heterocycles. The summed E-state index contributed by atoms with van der Waals surface area (Å²) in [6, 6.07) is 8.61. The van der Waals surface area contributed by atoms with Gasteiger partial charge in [0.1, 0.15) is 5.82 Å². The number of likely N-dealkylation sites (tertiary alicyclic amines) is 1. The van der Waals surface area contributed by atoms with E-state index in [0.29, 0.717) is 35.1 Å². The van der Waals surface area contributed by atoms with Gasteiger partial charge in [-0.25, -0.2) is 9.97 Å². The summed E-state index contributed by atoms with van der Waals surface area (Å²) < 4.78 is 38.2. The normalized spacial score (nSPS) is 18.6. The van der Waals surface area contributed by atoms with Gasteiger partial charge in [0.25, 0.3) is 5.91 Å². The van der Waals surface area contributed by atoms with Crippen molar-refractivity contribution in [3.8, 4) is 11.4 Å². The minimum atomic E-state index is -4.55. The number of carbonyl (C=O) groups excluding carboxylic acids is 1. The van der Waals surface area contributed by atoms with E-state index in [1.54, 1.807) is 41.6 Å². The van der Waals surface area contributed by atoms with E-state index in [0.717, 1.165) is 18.9 Å². The van der Waals surface area contributed by atoms with Crippen LogP contribution in [0.4, 0.5) is 19.0 Å². The second kappa shape index (κ2) is 9.92. The Bertz CT molecular complexity index is 1140. The molecule has 2 aromatic heterocycles. The van der Waals surface area contributed by atoms with Gasteiger partial charge in [0.15, 0.2) is 11.5 Å². The SMILES string of the molecule is C[C@@H]1CCCN(C(=O)c2cc(Cl)ccc2-c2ncccn2)C1CNc1ccc(C(F)(F)F)nn1. The van der Waals surface area contributed by atoms with Crippen LogP contribution < -0.4 is 5.32 Å². The highest BCUT2D eigenvalue weighted by molar-refractivity contribution is 6.31. The number of amides is 1. The molecule has 0 radical (unpaired) electrons. The Labute approximate surface area is 199 Å². The fraction of sp³-hybridized carbons (Fsp3) is 0.348. The molecule has 2 atom stereocenters. The van der Waals surface area contributed by atoms with Crippen LogP contribution in [0.1, 0.15) is 35.8 Å². The molecule has 1 N–H and O–H groups in total. The number of carbonyl (C=O) groups is 1. The summed E-state index contributed by atoms with van der Waals surface area (Å²) in [7, 11) is 0. The molecule has 178 valence electrons. The molecule has 1 aliphatic rings. The van der Waals surface area contributed by atoms with Gasteiger partial charge in [-0.05, 0) is 55.2 Å². The lowest BCUT2D eigenvalue weighted by Gasteiger charge is -2.40. The van der Waals surface area contributed by atoms with Crippen molar-refractivity contribution in [3.05, 3.63) is 65.1 Å². The first-order valence-electron chi connectivity index (χ1n) is 10.8. The van der Waals surface area contributed by atoms with Crippen LogP contribution in [0.5, 0.6) is 0 Å². The average Bonchev–Trinajstić information content (AvgIpc) is 2.83. The molecule has 3 aromatic rings. The van der Waals surface area contributed by atoms with Crippen LogP contribution in [0, 0.1) is 5.92 Å². The molecule has 7 nitrogen and oxygen atoms in total. The molecular formula is C23H22ClF3N6O. The second-order valence-corrected chi connectivity index (χ2v) is 8.57. The molecule has 0 saturated carbocycles. The van der Waals surface area contributed by atoms with E-state index < -0.39 is 11.9 Å². The first-order valence-corrected chi connectivity index (χ1v) is 11.1. The summed E-state index contributed by atoms with van der Waals surface area (Å²) in [5.41, 5.74) is -0.0850. The van der Waals surface area contributed by atoms with Crippen molar-refractivity contribution in [1.82, 2.24) is 25.1 Å². The van der Waals surface area contributed by atoms with E-state index in [4.69, 9.17) is 11.6 Å². The molecule has 1 aromatic carbocycles. The van der Waals surface area contributed by atoms with Gasteiger partial charge in [0.05, 0.1) is 11.6 Å². The van der Waals surface area contributed by atoms with Gasteiger partial charge in [0, 0.05) is 36.1 Å². The Morgan fingerprint density at radius 1 is 1.18 bits per heavy atom. The molecule has 3 heterocycles. The third kappa shape index (κ3) is 5.27. The number of alkyl halides is 3. The number of piperidine rings is 1. The summed E-state index contributed by atoms with van der Waals surface area (Å²) in [4.78, 5) is 24.0. The highest BCUT2D eigenvalue weighted by Crippen LogP contribution is 2.30. The first-order chi connectivity index (χ1) is 16.2. The molecule has 1 fully saturated rings. The maximum absolute atomic E-state index is 13.7. The van der Waals surface area contributed by atoms with Crippen molar-refractivity contribution in [1.29, 1.82) is 0 Å². The van der Waals surface area contributed by atoms with Crippen LogP contribution in [0.3, 0.4) is 0 Å². The first kappa shape index (κ1) is 23.9. The van der Waals surface area contributed by atoms with Crippen LogP contribution in [0.2, 0.25) is 5.02 Å². The molecule has 34 heavy (non-hydrogen) atoms. The summed E-state index contributed by atoms with van der Waals surface area (Å²) >= 11 is 6.22.